The zero-order chi connectivity index (χ0) is 12.4. The van der Waals surface area contributed by atoms with E-state index in [0.717, 1.165) is 21.2 Å². The van der Waals surface area contributed by atoms with Crippen molar-refractivity contribution in [3.63, 3.8) is 0 Å². The molecule has 0 aliphatic rings. The highest BCUT2D eigenvalue weighted by Gasteiger charge is 2.05. The number of aromatic amines is 1. The monoisotopic (exact) mass is 305 g/mol. The number of tetrazole rings is 1. The van der Waals surface area contributed by atoms with E-state index in [0.29, 0.717) is 12.4 Å². The minimum absolute atomic E-state index is 0.480. The molecule has 7 nitrogen and oxygen atoms in total. The minimum atomic E-state index is 0.480. The summed E-state index contributed by atoms with van der Waals surface area (Å²) < 4.78 is 0.901. The first-order chi connectivity index (χ1) is 8.83. The van der Waals surface area contributed by atoms with Crippen LogP contribution in [0.3, 0.4) is 0 Å². The Morgan fingerprint density at radius 3 is 3.11 bits per heavy atom. The van der Waals surface area contributed by atoms with Crippen molar-refractivity contribution in [2.45, 2.75) is 6.54 Å². The number of hydrogen-bond acceptors (Lipinski definition) is 6. The fourth-order valence-corrected chi connectivity index (χ4v) is 1.90. The lowest BCUT2D eigenvalue weighted by Crippen LogP contribution is -2.02. The van der Waals surface area contributed by atoms with Crippen molar-refractivity contribution < 1.29 is 0 Å². The van der Waals surface area contributed by atoms with Gasteiger partial charge in [0.15, 0.2) is 5.82 Å². The largest absolute Gasteiger partial charge is 0.376 e. The van der Waals surface area contributed by atoms with Crippen molar-refractivity contribution in [2.75, 3.05) is 5.32 Å². The fraction of sp³-hybridized carbons (Fsp3) is 0.100. The number of H-pyrrole nitrogens is 1. The summed E-state index contributed by atoms with van der Waals surface area (Å²) in [6, 6.07) is 3.78. The molecule has 0 saturated carbocycles. The number of pyridine rings is 2. The lowest BCUT2D eigenvalue weighted by Gasteiger charge is -2.06. The highest BCUT2D eigenvalue weighted by atomic mass is 79.9. The van der Waals surface area contributed by atoms with Crippen molar-refractivity contribution in [1.82, 2.24) is 30.6 Å². The maximum Gasteiger partial charge on any atom is 0.193 e. The molecule has 0 amide bonds. The van der Waals surface area contributed by atoms with Gasteiger partial charge in [0.05, 0.1) is 17.7 Å². The number of halogens is 1. The molecule has 2 N–H and O–H groups in total. The SMILES string of the molecule is Brc1cnc2c(NCc3nn[nH]n3)ccnc2c1. The van der Waals surface area contributed by atoms with Crippen LogP contribution < -0.4 is 5.32 Å². The van der Waals surface area contributed by atoms with Gasteiger partial charge in [-0.05, 0) is 28.1 Å². The third kappa shape index (κ3) is 2.14. The van der Waals surface area contributed by atoms with E-state index in [-0.39, 0.29) is 0 Å². The summed E-state index contributed by atoms with van der Waals surface area (Å²) in [4.78, 5) is 8.61. The summed E-state index contributed by atoms with van der Waals surface area (Å²) in [5, 5.41) is 16.9. The van der Waals surface area contributed by atoms with Crippen molar-refractivity contribution >= 4 is 32.7 Å². The fourth-order valence-electron chi connectivity index (χ4n) is 1.58. The van der Waals surface area contributed by atoms with Gasteiger partial charge in [-0.1, -0.05) is 5.21 Å². The normalized spacial score (nSPS) is 10.7. The number of rotatable bonds is 3. The summed E-state index contributed by atoms with van der Waals surface area (Å²) in [7, 11) is 0. The standard InChI is InChI=1S/C10H8BrN7/c11-6-3-8-10(14-4-6)7(1-2-12-8)13-5-9-15-17-18-16-9/h1-4H,5H2,(H,12,13)(H,15,16,17,18). The van der Waals surface area contributed by atoms with Crippen molar-refractivity contribution in [2.24, 2.45) is 0 Å². The summed E-state index contributed by atoms with van der Waals surface area (Å²) in [6.07, 6.45) is 3.47. The Labute approximate surface area is 110 Å². The van der Waals surface area contributed by atoms with E-state index in [1.54, 1.807) is 12.4 Å². The second-order valence-corrected chi connectivity index (χ2v) is 4.48. The van der Waals surface area contributed by atoms with Crippen LogP contribution in [0, 0.1) is 0 Å². The lowest BCUT2D eigenvalue weighted by molar-refractivity contribution is 0.881. The zero-order valence-corrected chi connectivity index (χ0v) is 10.7. The number of nitrogens with zero attached hydrogens (tertiary/aromatic N) is 5. The van der Waals surface area contributed by atoms with Gasteiger partial charge in [-0.15, -0.1) is 10.2 Å². The molecule has 0 unspecified atom stereocenters. The van der Waals surface area contributed by atoms with E-state index in [1.165, 1.54) is 0 Å². The molecule has 3 rings (SSSR count). The van der Waals surface area contributed by atoms with Gasteiger partial charge < -0.3 is 5.32 Å². The molecule has 0 spiro atoms. The van der Waals surface area contributed by atoms with Gasteiger partial charge in [-0.2, -0.15) is 5.21 Å². The van der Waals surface area contributed by atoms with Crippen LogP contribution in [0.15, 0.2) is 29.0 Å². The second kappa shape index (κ2) is 4.65. The van der Waals surface area contributed by atoms with Crippen molar-refractivity contribution in [3.8, 4) is 0 Å². The molecule has 3 heterocycles. The van der Waals surface area contributed by atoms with Gasteiger partial charge >= 0.3 is 0 Å². The van der Waals surface area contributed by atoms with E-state index in [1.807, 2.05) is 12.1 Å². The third-order valence-electron chi connectivity index (χ3n) is 2.37. The number of anilines is 1. The molecule has 0 bridgehead atoms. The molecular weight excluding hydrogens is 298 g/mol. The van der Waals surface area contributed by atoms with Gasteiger partial charge in [0.1, 0.15) is 5.52 Å². The summed E-state index contributed by atoms with van der Waals surface area (Å²) in [5.41, 5.74) is 2.52. The van der Waals surface area contributed by atoms with Crippen LogP contribution in [0.2, 0.25) is 0 Å². The number of hydrogen-bond donors (Lipinski definition) is 2. The maximum absolute atomic E-state index is 4.34. The quantitative estimate of drug-likeness (QED) is 0.762. The topological polar surface area (TPSA) is 92.3 Å². The summed E-state index contributed by atoms with van der Waals surface area (Å²) >= 11 is 3.37. The molecule has 0 fully saturated rings. The first-order valence-corrected chi connectivity index (χ1v) is 5.99. The smallest absolute Gasteiger partial charge is 0.193 e. The Balaban J connectivity index is 1.92. The van der Waals surface area contributed by atoms with Crippen LogP contribution in [0.4, 0.5) is 5.69 Å². The molecule has 3 aromatic rings. The Morgan fingerprint density at radius 1 is 1.33 bits per heavy atom. The predicted octanol–water partition coefficient (Wildman–Crippen LogP) is 1.52. The third-order valence-corrected chi connectivity index (χ3v) is 2.80. The van der Waals surface area contributed by atoms with E-state index in [4.69, 9.17) is 0 Å². The Morgan fingerprint density at radius 2 is 2.28 bits per heavy atom. The predicted molar refractivity (Wildman–Crippen MR) is 68.7 cm³/mol. The van der Waals surface area contributed by atoms with Crippen LogP contribution in [-0.2, 0) is 6.54 Å². The summed E-state index contributed by atoms with van der Waals surface area (Å²) in [6.45, 7) is 0.480. The molecule has 0 aliphatic heterocycles. The van der Waals surface area contributed by atoms with Gasteiger partial charge in [-0.25, -0.2) is 0 Å². The maximum atomic E-state index is 4.34. The Hall–Kier alpha value is -2.09. The summed E-state index contributed by atoms with van der Waals surface area (Å²) in [5.74, 6) is 0.595. The highest BCUT2D eigenvalue weighted by molar-refractivity contribution is 9.10. The van der Waals surface area contributed by atoms with E-state index < -0.39 is 0 Å². The molecule has 0 radical (unpaired) electrons. The minimum Gasteiger partial charge on any atom is -0.376 e. The molecule has 0 aliphatic carbocycles. The van der Waals surface area contributed by atoms with Crippen molar-refractivity contribution in [1.29, 1.82) is 0 Å². The number of fused-ring (bicyclic) bond motifs is 1. The average molecular weight is 306 g/mol. The second-order valence-electron chi connectivity index (χ2n) is 3.56. The Bertz CT molecular complexity index is 667. The molecule has 8 heteroatoms. The molecule has 0 atom stereocenters. The zero-order valence-electron chi connectivity index (χ0n) is 9.13. The van der Waals surface area contributed by atoms with E-state index in [9.17, 15) is 0 Å². The van der Waals surface area contributed by atoms with E-state index in [2.05, 4.69) is 51.8 Å². The van der Waals surface area contributed by atoms with Crippen molar-refractivity contribution in [3.05, 3.63) is 34.8 Å². The van der Waals surface area contributed by atoms with Gasteiger partial charge in [0.25, 0.3) is 0 Å². The van der Waals surface area contributed by atoms with Crippen LogP contribution >= 0.6 is 15.9 Å². The first-order valence-electron chi connectivity index (χ1n) is 5.19. The van der Waals surface area contributed by atoms with Crippen LogP contribution in [0.25, 0.3) is 11.0 Å². The molecule has 90 valence electrons. The molecule has 0 saturated heterocycles. The molecule has 18 heavy (non-hydrogen) atoms. The molecule has 0 aromatic carbocycles. The van der Waals surface area contributed by atoms with E-state index >= 15 is 0 Å². The van der Waals surface area contributed by atoms with Gasteiger partial charge in [0.2, 0.25) is 0 Å². The Kier molecular flexibility index (Phi) is 2.85. The van der Waals surface area contributed by atoms with Crippen LogP contribution in [0.5, 0.6) is 0 Å². The average Bonchev–Trinajstić information content (AvgIpc) is 2.89. The number of nitrogens with one attached hydrogen (secondary N) is 2. The van der Waals surface area contributed by atoms with Gasteiger partial charge in [-0.3, -0.25) is 9.97 Å². The first kappa shape index (κ1) is 11.0. The number of aromatic nitrogens is 6. The molecular formula is C10H8BrN7. The van der Waals surface area contributed by atoms with Gasteiger partial charge in [0, 0.05) is 16.9 Å². The molecule has 3 aromatic heterocycles. The van der Waals surface area contributed by atoms with Crippen LogP contribution in [-0.4, -0.2) is 30.6 Å². The van der Waals surface area contributed by atoms with Crippen LogP contribution in [0.1, 0.15) is 5.82 Å². The highest BCUT2D eigenvalue weighted by Crippen LogP contribution is 2.22. The lowest BCUT2D eigenvalue weighted by atomic mass is 10.3.